The third-order valence-corrected chi connectivity index (χ3v) is 5.22. The molecule has 0 spiro atoms. The Morgan fingerprint density at radius 3 is 2.23 bits per heavy atom. The highest BCUT2D eigenvalue weighted by atomic mass is 16.2. The van der Waals surface area contributed by atoms with Crippen molar-refractivity contribution in [1.29, 1.82) is 0 Å². The fourth-order valence-corrected chi connectivity index (χ4v) is 3.66. The van der Waals surface area contributed by atoms with E-state index in [0.717, 1.165) is 12.0 Å². The van der Waals surface area contributed by atoms with Gasteiger partial charge in [-0.15, -0.1) is 0 Å². The molecule has 150 valence electrons. The molecule has 2 heterocycles. The van der Waals surface area contributed by atoms with Gasteiger partial charge < -0.3 is 5.32 Å². The Balaban J connectivity index is 1.51. The molecule has 2 aromatic carbocycles. The molecule has 2 aromatic heterocycles. The van der Waals surface area contributed by atoms with Crippen LogP contribution in [0.4, 0.5) is 0 Å². The Hall–Kier alpha value is -3.73. The molecule has 5 heteroatoms. The molecule has 0 bridgehead atoms. The van der Waals surface area contributed by atoms with Gasteiger partial charge in [-0.25, -0.2) is 4.98 Å². The van der Waals surface area contributed by atoms with Crippen LogP contribution in [-0.4, -0.2) is 21.8 Å². The molecule has 30 heavy (non-hydrogen) atoms. The van der Waals surface area contributed by atoms with Crippen molar-refractivity contribution in [3.63, 3.8) is 0 Å². The second-order valence-corrected chi connectivity index (χ2v) is 7.33. The molecule has 5 nitrogen and oxygen atoms in total. The highest BCUT2D eigenvalue weighted by Crippen LogP contribution is 2.27. The molecule has 1 N–H and O–H groups in total. The van der Waals surface area contributed by atoms with Gasteiger partial charge in [-0.05, 0) is 36.1 Å². The van der Waals surface area contributed by atoms with Crippen LogP contribution in [0.1, 0.15) is 39.4 Å². The number of carbonyl (C=O) groups is 1. The summed E-state index contributed by atoms with van der Waals surface area (Å²) in [6, 6.07) is 24.1. The van der Waals surface area contributed by atoms with E-state index in [2.05, 4.69) is 34.6 Å². The molecule has 0 aliphatic rings. The van der Waals surface area contributed by atoms with E-state index in [1.54, 1.807) is 12.3 Å². The summed E-state index contributed by atoms with van der Waals surface area (Å²) in [6.45, 7) is 2.34. The van der Waals surface area contributed by atoms with Crippen LogP contribution in [-0.2, 0) is 0 Å². The summed E-state index contributed by atoms with van der Waals surface area (Å²) < 4.78 is 1.42. The topological polar surface area (TPSA) is 63.5 Å². The first kappa shape index (κ1) is 19.6. The number of rotatable bonds is 6. The maximum absolute atomic E-state index is 12.7. The van der Waals surface area contributed by atoms with Gasteiger partial charge >= 0.3 is 0 Å². The van der Waals surface area contributed by atoms with Crippen molar-refractivity contribution in [2.45, 2.75) is 19.3 Å². The van der Waals surface area contributed by atoms with E-state index in [-0.39, 0.29) is 17.0 Å². The Morgan fingerprint density at radius 1 is 0.967 bits per heavy atom. The number of nitrogens with zero attached hydrogens (tertiary/aromatic N) is 2. The first-order valence-corrected chi connectivity index (χ1v) is 9.99. The molecule has 0 atom stereocenters. The van der Waals surface area contributed by atoms with Crippen LogP contribution >= 0.6 is 0 Å². The van der Waals surface area contributed by atoms with Crippen LogP contribution < -0.4 is 10.9 Å². The van der Waals surface area contributed by atoms with Gasteiger partial charge in [0.05, 0.1) is 0 Å². The van der Waals surface area contributed by atoms with Gasteiger partial charge in [-0.1, -0.05) is 66.7 Å². The number of fused-ring (bicyclic) bond motifs is 1. The van der Waals surface area contributed by atoms with Crippen molar-refractivity contribution in [3.05, 3.63) is 118 Å². The molecule has 0 radical (unpaired) electrons. The highest BCUT2D eigenvalue weighted by molar-refractivity contribution is 5.93. The van der Waals surface area contributed by atoms with Crippen LogP contribution in [0.15, 0.2) is 90.0 Å². The van der Waals surface area contributed by atoms with Gasteiger partial charge in [-0.2, -0.15) is 0 Å². The standard InChI is InChI=1S/C25H23N3O2/c1-18-12-13-23-27-16-22(25(30)28(23)17-18)24(29)26-15-14-21(19-8-4-2-5-9-19)20-10-6-3-7-11-20/h2-13,16-17,21H,14-15H2,1H3,(H,26,29). The van der Waals surface area contributed by atoms with Crippen LogP contribution in [0, 0.1) is 6.92 Å². The molecule has 0 saturated heterocycles. The van der Waals surface area contributed by atoms with E-state index in [1.807, 2.05) is 49.4 Å². The van der Waals surface area contributed by atoms with E-state index in [9.17, 15) is 9.59 Å². The average molecular weight is 397 g/mol. The van der Waals surface area contributed by atoms with E-state index in [4.69, 9.17) is 0 Å². The van der Waals surface area contributed by atoms with Gasteiger partial charge in [-0.3, -0.25) is 14.0 Å². The zero-order valence-electron chi connectivity index (χ0n) is 16.8. The largest absolute Gasteiger partial charge is 0.352 e. The zero-order valence-corrected chi connectivity index (χ0v) is 16.8. The number of hydrogen-bond donors (Lipinski definition) is 1. The number of carbonyl (C=O) groups excluding carboxylic acids is 1. The third-order valence-electron chi connectivity index (χ3n) is 5.22. The number of amides is 1. The summed E-state index contributed by atoms with van der Waals surface area (Å²) in [6.07, 6.45) is 3.78. The SMILES string of the molecule is Cc1ccc2ncc(C(=O)NCCC(c3ccccc3)c3ccccc3)c(=O)n2c1. The molecule has 0 fully saturated rings. The maximum atomic E-state index is 12.7. The second-order valence-electron chi connectivity index (χ2n) is 7.33. The lowest BCUT2D eigenvalue weighted by molar-refractivity contribution is 0.0950. The van der Waals surface area contributed by atoms with E-state index >= 15 is 0 Å². The molecule has 0 saturated carbocycles. The number of nitrogens with one attached hydrogen (secondary N) is 1. The van der Waals surface area contributed by atoms with Gasteiger partial charge in [0.15, 0.2) is 0 Å². The maximum Gasteiger partial charge on any atom is 0.270 e. The van der Waals surface area contributed by atoms with Crippen molar-refractivity contribution in [2.75, 3.05) is 6.54 Å². The Bertz CT molecular complexity index is 1180. The van der Waals surface area contributed by atoms with E-state index in [0.29, 0.717) is 12.2 Å². The number of hydrogen-bond acceptors (Lipinski definition) is 3. The minimum absolute atomic E-state index is 0.0501. The lowest BCUT2D eigenvalue weighted by Gasteiger charge is -2.18. The summed E-state index contributed by atoms with van der Waals surface area (Å²) >= 11 is 0. The minimum atomic E-state index is -0.400. The summed E-state index contributed by atoms with van der Waals surface area (Å²) in [4.78, 5) is 29.7. The van der Waals surface area contributed by atoms with Crippen LogP contribution in [0.2, 0.25) is 0 Å². The van der Waals surface area contributed by atoms with E-state index < -0.39 is 5.91 Å². The molecule has 0 aliphatic carbocycles. The third kappa shape index (κ3) is 4.15. The van der Waals surface area contributed by atoms with Crippen LogP contribution in [0.5, 0.6) is 0 Å². The highest BCUT2D eigenvalue weighted by Gasteiger charge is 2.16. The number of aryl methyl sites for hydroxylation is 1. The summed E-state index contributed by atoms with van der Waals surface area (Å²) in [7, 11) is 0. The number of pyridine rings is 1. The predicted molar refractivity (Wildman–Crippen MR) is 118 cm³/mol. The summed E-state index contributed by atoms with van der Waals surface area (Å²) in [5.74, 6) is -0.241. The minimum Gasteiger partial charge on any atom is -0.352 e. The predicted octanol–water partition coefficient (Wildman–Crippen LogP) is 3.95. The molecule has 1 amide bonds. The molecular formula is C25H23N3O2. The fraction of sp³-hybridized carbons (Fsp3) is 0.160. The lowest BCUT2D eigenvalue weighted by Crippen LogP contribution is -2.32. The average Bonchev–Trinajstić information content (AvgIpc) is 2.78. The Morgan fingerprint density at radius 2 is 1.60 bits per heavy atom. The Kier molecular flexibility index (Phi) is 5.70. The summed E-state index contributed by atoms with van der Waals surface area (Å²) in [5.41, 5.74) is 3.53. The molecule has 0 aliphatic heterocycles. The van der Waals surface area contributed by atoms with Crippen molar-refractivity contribution in [3.8, 4) is 0 Å². The summed E-state index contributed by atoms with van der Waals surface area (Å²) in [5, 5.41) is 2.90. The monoisotopic (exact) mass is 397 g/mol. The van der Waals surface area contributed by atoms with Crippen molar-refractivity contribution >= 4 is 11.6 Å². The normalized spacial score (nSPS) is 11.0. The second kappa shape index (κ2) is 8.74. The zero-order chi connectivity index (χ0) is 20.9. The molecule has 0 unspecified atom stereocenters. The number of benzene rings is 2. The first-order chi connectivity index (χ1) is 14.6. The number of aromatic nitrogens is 2. The van der Waals surface area contributed by atoms with Gasteiger partial charge in [0, 0.05) is 24.9 Å². The van der Waals surface area contributed by atoms with Gasteiger partial charge in [0.1, 0.15) is 11.2 Å². The fourth-order valence-electron chi connectivity index (χ4n) is 3.66. The smallest absolute Gasteiger partial charge is 0.270 e. The molecule has 4 rings (SSSR count). The molecule has 4 aromatic rings. The lowest BCUT2D eigenvalue weighted by atomic mass is 9.88. The first-order valence-electron chi connectivity index (χ1n) is 9.99. The van der Waals surface area contributed by atoms with Crippen molar-refractivity contribution in [2.24, 2.45) is 0 Å². The van der Waals surface area contributed by atoms with Crippen molar-refractivity contribution in [1.82, 2.24) is 14.7 Å². The van der Waals surface area contributed by atoms with E-state index in [1.165, 1.54) is 21.7 Å². The van der Waals surface area contributed by atoms with Gasteiger partial charge in [0.25, 0.3) is 11.5 Å². The molecular weight excluding hydrogens is 374 g/mol. The quantitative estimate of drug-likeness (QED) is 0.536. The Labute approximate surface area is 175 Å². The van der Waals surface area contributed by atoms with Crippen LogP contribution in [0.25, 0.3) is 5.65 Å². The van der Waals surface area contributed by atoms with Gasteiger partial charge in [0.2, 0.25) is 0 Å². The van der Waals surface area contributed by atoms with Crippen LogP contribution in [0.3, 0.4) is 0 Å². The van der Waals surface area contributed by atoms with Crippen molar-refractivity contribution < 1.29 is 4.79 Å².